The normalized spacial score (nSPS) is 23.3. The second kappa shape index (κ2) is 7.79. The number of carbonyl (C=O) groups is 2. The Labute approximate surface area is 168 Å². The average molecular weight is 396 g/mol. The Morgan fingerprint density at radius 2 is 2.07 bits per heavy atom. The molecule has 0 aromatic carbocycles. The molecule has 1 fully saturated rings. The Morgan fingerprint density at radius 1 is 1.24 bits per heavy atom. The van der Waals surface area contributed by atoms with Crippen LogP contribution in [0.15, 0.2) is 41.3 Å². The van der Waals surface area contributed by atoms with E-state index in [0.717, 1.165) is 17.8 Å². The number of likely N-dealkylation sites (tertiary alicyclic amines) is 1. The minimum Gasteiger partial charge on any atom is -0.480 e. The van der Waals surface area contributed by atoms with Crippen LogP contribution in [0.5, 0.6) is 0 Å². The van der Waals surface area contributed by atoms with Crippen molar-refractivity contribution < 1.29 is 14.7 Å². The quantitative estimate of drug-likeness (QED) is 0.782. The average Bonchev–Trinajstić information content (AvgIpc) is 2.68. The molecule has 4 rings (SSSR count). The number of nitrogens with zero attached hydrogens (tertiary/aromatic N) is 3. The van der Waals surface area contributed by atoms with Crippen molar-refractivity contribution in [3.8, 4) is 0 Å². The Morgan fingerprint density at radius 3 is 2.79 bits per heavy atom. The van der Waals surface area contributed by atoms with Gasteiger partial charge in [-0.1, -0.05) is 6.07 Å². The van der Waals surface area contributed by atoms with Crippen LogP contribution in [0.25, 0.3) is 0 Å². The fourth-order valence-electron chi connectivity index (χ4n) is 4.62. The molecule has 0 unspecified atom stereocenters. The highest BCUT2D eigenvalue weighted by Crippen LogP contribution is 2.40. The van der Waals surface area contributed by atoms with Crippen LogP contribution in [-0.2, 0) is 4.79 Å². The number of amides is 1. The summed E-state index contributed by atoms with van der Waals surface area (Å²) in [6, 6.07) is 8.52. The lowest BCUT2D eigenvalue weighted by Crippen LogP contribution is -2.52. The molecule has 2 N–H and O–H groups in total. The summed E-state index contributed by atoms with van der Waals surface area (Å²) in [5.41, 5.74) is 2.14. The summed E-state index contributed by atoms with van der Waals surface area (Å²) in [6.45, 7) is 3.37. The number of hydrogen-bond acceptors (Lipinski definition) is 5. The van der Waals surface area contributed by atoms with Gasteiger partial charge < -0.3 is 15.0 Å². The van der Waals surface area contributed by atoms with Gasteiger partial charge in [0.2, 0.25) is 0 Å². The van der Waals surface area contributed by atoms with E-state index in [9.17, 15) is 19.5 Å². The number of rotatable bonds is 5. The molecule has 2 aromatic heterocycles. The minimum absolute atomic E-state index is 0.0157. The maximum Gasteiger partial charge on any atom is 0.317 e. The van der Waals surface area contributed by atoms with Crippen molar-refractivity contribution in [2.75, 3.05) is 26.2 Å². The number of fused-ring (bicyclic) bond motifs is 4. The van der Waals surface area contributed by atoms with E-state index in [2.05, 4.69) is 10.3 Å². The molecule has 0 radical (unpaired) electrons. The van der Waals surface area contributed by atoms with Gasteiger partial charge in [-0.2, -0.15) is 0 Å². The van der Waals surface area contributed by atoms with Crippen LogP contribution in [0.3, 0.4) is 0 Å². The smallest absolute Gasteiger partial charge is 0.317 e. The Kier molecular flexibility index (Phi) is 5.19. The van der Waals surface area contributed by atoms with Gasteiger partial charge in [-0.05, 0) is 37.5 Å². The highest BCUT2D eigenvalue weighted by Gasteiger charge is 2.40. The van der Waals surface area contributed by atoms with Crippen molar-refractivity contribution in [1.29, 1.82) is 0 Å². The maximum absolute atomic E-state index is 12.6. The zero-order valence-electron chi connectivity index (χ0n) is 16.2. The molecular weight excluding hydrogens is 372 g/mol. The van der Waals surface area contributed by atoms with Gasteiger partial charge in [-0.25, -0.2) is 0 Å². The van der Waals surface area contributed by atoms with E-state index in [4.69, 9.17) is 0 Å². The molecule has 8 nitrogen and oxygen atoms in total. The second-order valence-corrected chi connectivity index (χ2v) is 7.91. The first-order chi connectivity index (χ1) is 13.9. The molecule has 2 aliphatic heterocycles. The predicted octanol–water partition coefficient (Wildman–Crippen LogP) is 1.03. The summed E-state index contributed by atoms with van der Waals surface area (Å²) in [7, 11) is 0. The van der Waals surface area contributed by atoms with Crippen LogP contribution in [0.2, 0.25) is 0 Å². The number of pyridine rings is 2. The van der Waals surface area contributed by atoms with Crippen LogP contribution in [-0.4, -0.2) is 57.6 Å². The van der Waals surface area contributed by atoms with Crippen LogP contribution >= 0.6 is 0 Å². The number of carboxylic acids is 1. The zero-order chi connectivity index (χ0) is 20.5. The van der Waals surface area contributed by atoms with Gasteiger partial charge in [-0.15, -0.1) is 0 Å². The molecule has 0 aliphatic carbocycles. The van der Waals surface area contributed by atoms with E-state index in [0.29, 0.717) is 25.2 Å². The molecule has 0 saturated carbocycles. The van der Waals surface area contributed by atoms with Crippen LogP contribution < -0.4 is 10.9 Å². The molecule has 2 bridgehead atoms. The van der Waals surface area contributed by atoms with Gasteiger partial charge in [-0.3, -0.25) is 24.3 Å². The van der Waals surface area contributed by atoms with Crippen molar-refractivity contribution in [3.63, 3.8) is 0 Å². The molecule has 4 heterocycles. The predicted molar refractivity (Wildman–Crippen MR) is 106 cm³/mol. The summed E-state index contributed by atoms with van der Waals surface area (Å²) in [5.74, 6) is -0.872. The first-order valence-corrected chi connectivity index (χ1v) is 9.79. The second-order valence-electron chi connectivity index (χ2n) is 7.91. The Hall–Kier alpha value is -3.00. The third-order valence-corrected chi connectivity index (χ3v) is 5.88. The topological polar surface area (TPSA) is 105 Å². The summed E-state index contributed by atoms with van der Waals surface area (Å²) in [4.78, 5) is 42.5. The number of nitrogens with one attached hydrogen (secondary N) is 1. The van der Waals surface area contributed by atoms with E-state index in [1.807, 2.05) is 17.9 Å². The SMILES string of the molecule is Cc1ccc(C(=O)NC[C@H]2[C@H]3C[C@H](CN(CC(=O)O)C3)c3cccc(=O)n32)cn1. The van der Waals surface area contributed by atoms with E-state index in [1.54, 1.807) is 22.8 Å². The number of carbonyl (C=O) groups excluding carboxylic acids is 1. The first kappa shape index (κ1) is 19.3. The lowest BCUT2D eigenvalue weighted by molar-refractivity contribution is -0.139. The number of carboxylic acid groups (broad SMARTS) is 1. The van der Waals surface area contributed by atoms with Crippen LogP contribution in [0.1, 0.15) is 40.1 Å². The fourth-order valence-corrected chi connectivity index (χ4v) is 4.62. The van der Waals surface area contributed by atoms with Gasteiger partial charge in [0.25, 0.3) is 11.5 Å². The molecule has 1 amide bonds. The molecule has 29 heavy (non-hydrogen) atoms. The number of aliphatic carboxylic acids is 1. The van der Waals surface area contributed by atoms with Crippen LogP contribution in [0, 0.1) is 12.8 Å². The largest absolute Gasteiger partial charge is 0.480 e. The molecule has 1 saturated heterocycles. The molecule has 2 aliphatic rings. The zero-order valence-corrected chi connectivity index (χ0v) is 16.2. The summed E-state index contributed by atoms with van der Waals surface area (Å²) in [5, 5.41) is 12.1. The highest BCUT2D eigenvalue weighted by molar-refractivity contribution is 5.93. The molecule has 8 heteroatoms. The highest BCUT2D eigenvalue weighted by atomic mass is 16.4. The van der Waals surface area contributed by atoms with E-state index in [-0.39, 0.29) is 35.9 Å². The Bertz CT molecular complexity index is 985. The standard InChI is InChI=1S/C21H24N4O4/c1-13-5-6-14(8-22-13)21(29)23-9-18-16-7-15(10-24(11-16)12-20(27)28)17-3-2-4-19(26)25(17)18/h2-6,8,15-16,18H,7,9-12H2,1H3,(H,23,29)(H,27,28)/t15-,16+,18+/m1/s1. The molecule has 2 aromatic rings. The molecule has 0 spiro atoms. The van der Waals surface area contributed by atoms with Gasteiger partial charge >= 0.3 is 5.97 Å². The lowest BCUT2D eigenvalue weighted by Gasteiger charge is -2.46. The molecule has 152 valence electrons. The summed E-state index contributed by atoms with van der Waals surface area (Å²) in [6.07, 6.45) is 2.42. The Balaban J connectivity index is 1.58. The summed E-state index contributed by atoms with van der Waals surface area (Å²) < 4.78 is 1.80. The van der Waals surface area contributed by atoms with Gasteiger partial charge in [0.1, 0.15) is 0 Å². The van der Waals surface area contributed by atoms with E-state index < -0.39 is 5.97 Å². The number of piperidine rings is 1. The van der Waals surface area contributed by atoms with Gasteiger partial charge in [0, 0.05) is 49.2 Å². The third kappa shape index (κ3) is 3.93. The van der Waals surface area contributed by atoms with Crippen molar-refractivity contribution in [3.05, 3.63) is 63.8 Å². The molecular formula is C21H24N4O4. The van der Waals surface area contributed by atoms with Crippen molar-refractivity contribution >= 4 is 11.9 Å². The number of aromatic nitrogens is 2. The minimum atomic E-state index is -0.854. The van der Waals surface area contributed by atoms with E-state index >= 15 is 0 Å². The summed E-state index contributed by atoms with van der Waals surface area (Å²) >= 11 is 0. The fraction of sp³-hybridized carbons (Fsp3) is 0.429. The monoisotopic (exact) mass is 396 g/mol. The van der Waals surface area contributed by atoms with E-state index in [1.165, 1.54) is 12.3 Å². The molecule has 3 atom stereocenters. The van der Waals surface area contributed by atoms with Crippen LogP contribution in [0.4, 0.5) is 0 Å². The maximum atomic E-state index is 12.6. The van der Waals surface area contributed by atoms with Crippen molar-refractivity contribution in [2.45, 2.75) is 25.3 Å². The van der Waals surface area contributed by atoms with Crippen molar-refractivity contribution in [2.24, 2.45) is 5.92 Å². The number of aryl methyl sites for hydroxylation is 1. The van der Waals surface area contributed by atoms with Crippen molar-refractivity contribution in [1.82, 2.24) is 19.8 Å². The van der Waals surface area contributed by atoms with Gasteiger partial charge in [0.05, 0.1) is 18.2 Å². The van der Waals surface area contributed by atoms with Gasteiger partial charge in [0.15, 0.2) is 0 Å². The first-order valence-electron chi connectivity index (χ1n) is 9.79. The number of hydrogen-bond donors (Lipinski definition) is 2. The lowest BCUT2D eigenvalue weighted by atomic mass is 9.78. The third-order valence-electron chi connectivity index (χ3n) is 5.88.